The summed E-state index contributed by atoms with van der Waals surface area (Å²) in [7, 11) is 0. The zero-order valence-electron chi connectivity index (χ0n) is 11.4. The number of nitrogens with zero attached hydrogens (tertiary/aromatic N) is 1. The van der Waals surface area contributed by atoms with E-state index in [1.54, 1.807) is 0 Å². The van der Waals surface area contributed by atoms with Gasteiger partial charge in [0.15, 0.2) is 0 Å². The predicted molar refractivity (Wildman–Crippen MR) is 70.7 cm³/mol. The van der Waals surface area contributed by atoms with Crippen LogP contribution in [0, 0.1) is 5.92 Å². The van der Waals surface area contributed by atoms with Crippen LogP contribution in [-0.4, -0.2) is 62.5 Å². The molecule has 4 unspecified atom stereocenters. The Balaban J connectivity index is 1.43. The molecule has 0 aliphatic carbocycles. The van der Waals surface area contributed by atoms with Crippen molar-refractivity contribution in [2.24, 2.45) is 5.92 Å². The summed E-state index contributed by atoms with van der Waals surface area (Å²) in [5, 5.41) is 3.69. The van der Waals surface area contributed by atoms with Gasteiger partial charge < -0.3 is 14.8 Å². The van der Waals surface area contributed by atoms with E-state index in [0.29, 0.717) is 24.1 Å². The molecule has 3 saturated heterocycles. The maximum absolute atomic E-state index is 5.98. The molecule has 4 atom stereocenters. The van der Waals surface area contributed by atoms with Crippen LogP contribution >= 0.6 is 0 Å². The fraction of sp³-hybridized carbons (Fsp3) is 1.00. The fourth-order valence-electron chi connectivity index (χ4n) is 3.48. The Labute approximate surface area is 110 Å². The molecule has 0 spiro atoms. The van der Waals surface area contributed by atoms with Crippen LogP contribution in [-0.2, 0) is 9.47 Å². The molecule has 0 aromatic carbocycles. The zero-order valence-corrected chi connectivity index (χ0v) is 11.4. The van der Waals surface area contributed by atoms with Gasteiger partial charge in [-0.2, -0.15) is 0 Å². The van der Waals surface area contributed by atoms with Gasteiger partial charge >= 0.3 is 0 Å². The predicted octanol–water partition coefficient (Wildman–Crippen LogP) is 0.864. The Morgan fingerprint density at radius 2 is 2.22 bits per heavy atom. The van der Waals surface area contributed by atoms with Gasteiger partial charge in [0.1, 0.15) is 0 Å². The highest BCUT2D eigenvalue weighted by atomic mass is 16.5. The van der Waals surface area contributed by atoms with E-state index in [9.17, 15) is 0 Å². The molecule has 0 radical (unpaired) electrons. The van der Waals surface area contributed by atoms with Gasteiger partial charge in [0.05, 0.1) is 19.3 Å². The minimum Gasteiger partial charge on any atom is -0.381 e. The van der Waals surface area contributed by atoms with Crippen LogP contribution in [0.5, 0.6) is 0 Å². The quantitative estimate of drug-likeness (QED) is 0.810. The lowest BCUT2D eigenvalue weighted by atomic mass is 9.97. The van der Waals surface area contributed by atoms with E-state index in [1.807, 2.05) is 0 Å². The third-order valence-corrected chi connectivity index (χ3v) is 4.71. The summed E-state index contributed by atoms with van der Waals surface area (Å²) in [6.45, 7) is 8.41. The minimum absolute atomic E-state index is 0.384. The summed E-state index contributed by atoms with van der Waals surface area (Å²) in [4.78, 5) is 2.61. The molecule has 0 aromatic rings. The summed E-state index contributed by atoms with van der Waals surface area (Å²) < 4.78 is 11.5. The van der Waals surface area contributed by atoms with E-state index < -0.39 is 0 Å². The Bertz CT molecular complexity index is 275. The van der Waals surface area contributed by atoms with E-state index in [-0.39, 0.29) is 0 Å². The molecule has 0 amide bonds. The number of nitrogens with one attached hydrogen (secondary N) is 1. The van der Waals surface area contributed by atoms with Gasteiger partial charge in [-0.1, -0.05) is 6.92 Å². The lowest BCUT2D eigenvalue weighted by Gasteiger charge is -2.37. The summed E-state index contributed by atoms with van der Waals surface area (Å²) in [5.74, 6) is 0.627. The highest BCUT2D eigenvalue weighted by Crippen LogP contribution is 2.22. The normalized spacial score (nSPS) is 41.8. The van der Waals surface area contributed by atoms with Crippen molar-refractivity contribution in [3.8, 4) is 0 Å². The summed E-state index contributed by atoms with van der Waals surface area (Å²) in [6, 6.07) is 1.32. The number of morpholine rings is 1. The van der Waals surface area contributed by atoms with Gasteiger partial charge in [0, 0.05) is 31.8 Å². The Morgan fingerprint density at radius 3 is 3.11 bits per heavy atom. The Morgan fingerprint density at radius 1 is 1.28 bits per heavy atom. The number of hydrogen-bond acceptors (Lipinski definition) is 4. The largest absolute Gasteiger partial charge is 0.381 e. The smallest absolute Gasteiger partial charge is 0.0827 e. The molecule has 3 rings (SSSR count). The van der Waals surface area contributed by atoms with Crippen LogP contribution in [0.25, 0.3) is 0 Å². The van der Waals surface area contributed by atoms with Crippen LogP contribution < -0.4 is 5.32 Å². The van der Waals surface area contributed by atoms with Crippen molar-refractivity contribution >= 4 is 0 Å². The molecule has 1 N–H and O–H groups in total. The highest BCUT2D eigenvalue weighted by molar-refractivity contribution is 4.87. The number of hydrogen-bond donors (Lipinski definition) is 1. The second-order valence-corrected chi connectivity index (χ2v) is 6.10. The summed E-state index contributed by atoms with van der Waals surface area (Å²) in [6.07, 6.45) is 4.21. The topological polar surface area (TPSA) is 33.7 Å². The van der Waals surface area contributed by atoms with Crippen molar-refractivity contribution in [1.82, 2.24) is 10.2 Å². The first-order valence-electron chi connectivity index (χ1n) is 7.49. The Hall–Kier alpha value is -0.160. The first-order valence-corrected chi connectivity index (χ1v) is 7.49. The molecule has 3 aliphatic heterocycles. The molecule has 18 heavy (non-hydrogen) atoms. The van der Waals surface area contributed by atoms with E-state index in [0.717, 1.165) is 39.3 Å². The van der Waals surface area contributed by atoms with Crippen molar-refractivity contribution in [3.05, 3.63) is 0 Å². The highest BCUT2D eigenvalue weighted by Gasteiger charge is 2.32. The first-order chi connectivity index (χ1) is 8.83. The van der Waals surface area contributed by atoms with Gasteiger partial charge in [-0.15, -0.1) is 0 Å². The van der Waals surface area contributed by atoms with Crippen LogP contribution in [0.15, 0.2) is 0 Å². The van der Waals surface area contributed by atoms with Crippen molar-refractivity contribution in [2.75, 3.05) is 39.5 Å². The molecule has 0 saturated carbocycles. The fourth-order valence-corrected chi connectivity index (χ4v) is 3.48. The monoisotopic (exact) mass is 254 g/mol. The number of fused-ring (bicyclic) bond motifs is 1. The molecule has 0 bridgehead atoms. The minimum atomic E-state index is 0.384. The second kappa shape index (κ2) is 5.87. The first kappa shape index (κ1) is 12.9. The van der Waals surface area contributed by atoms with Gasteiger partial charge in [0.25, 0.3) is 0 Å². The second-order valence-electron chi connectivity index (χ2n) is 6.10. The SMILES string of the molecule is CC1COCCC1NCC1CN2CCCC2CO1. The van der Waals surface area contributed by atoms with Crippen LogP contribution in [0.4, 0.5) is 0 Å². The summed E-state index contributed by atoms with van der Waals surface area (Å²) >= 11 is 0. The third-order valence-electron chi connectivity index (χ3n) is 4.71. The molecule has 0 aromatic heterocycles. The van der Waals surface area contributed by atoms with Gasteiger partial charge in [-0.25, -0.2) is 0 Å². The Kier molecular flexibility index (Phi) is 4.19. The average molecular weight is 254 g/mol. The molecule has 3 fully saturated rings. The van der Waals surface area contributed by atoms with Crippen molar-refractivity contribution in [3.63, 3.8) is 0 Å². The van der Waals surface area contributed by atoms with Gasteiger partial charge in [0.2, 0.25) is 0 Å². The number of ether oxygens (including phenoxy) is 2. The lowest BCUT2D eigenvalue weighted by Crippen LogP contribution is -2.52. The molecule has 104 valence electrons. The van der Waals surface area contributed by atoms with Crippen molar-refractivity contribution < 1.29 is 9.47 Å². The van der Waals surface area contributed by atoms with E-state index in [2.05, 4.69) is 17.1 Å². The van der Waals surface area contributed by atoms with Crippen LogP contribution in [0.1, 0.15) is 26.2 Å². The third kappa shape index (κ3) is 2.87. The van der Waals surface area contributed by atoms with Gasteiger partial charge in [-0.05, 0) is 31.7 Å². The lowest BCUT2D eigenvalue weighted by molar-refractivity contribution is -0.0509. The molecule has 4 nitrogen and oxygen atoms in total. The van der Waals surface area contributed by atoms with Crippen molar-refractivity contribution in [2.45, 2.75) is 44.4 Å². The molecule has 3 aliphatic rings. The molecular formula is C14H26N2O2. The molecule has 3 heterocycles. The maximum Gasteiger partial charge on any atom is 0.0827 e. The zero-order chi connectivity index (χ0) is 12.4. The van der Waals surface area contributed by atoms with E-state index in [4.69, 9.17) is 9.47 Å². The maximum atomic E-state index is 5.98. The summed E-state index contributed by atoms with van der Waals surface area (Å²) in [5.41, 5.74) is 0. The van der Waals surface area contributed by atoms with Gasteiger partial charge in [-0.3, -0.25) is 4.90 Å². The standard InChI is InChI=1S/C14H26N2O2/c1-11-9-17-6-4-14(11)15-7-13-8-16-5-2-3-12(16)10-18-13/h11-15H,2-10H2,1H3. The van der Waals surface area contributed by atoms with Crippen LogP contribution in [0.3, 0.4) is 0 Å². The number of rotatable bonds is 3. The average Bonchev–Trinajstić information content (AvgIpc) is 2.85. The molecular weight excluding hydrogens is 228 g/mol. The molecule has 4 heteroatoms. The van der Waals surface area contributed by atoms with Crippen LogP contribution in [0.2, 0.25) is 0 Å². The van der Waals surface area contributed by atoms with Crippen molar-refractivity contribution in [1.29, 1.82) is 0 Å². The van der Waals surface area contributed by atoms with E-state index >= 15 is 0 Å². The van der Waals surface area contributed by atoms with E-state index in [1.165, 1.54) is 19.4 Å².